The number of hydrogen-bond acceptors (Lipinski definition) is 7. The molecule has 0 fully saturated rings. The summed E-state index contributed by atoms with van der Waals surface area (Å²) in [5.74, 6) is -2.15. The van der Waals surface area contributed by atoms with Crippen LogP contribution in [0, 0.1) is 0 Å². The van der Waals surface area contributed by atoms with Crippen molar-refractivity contribution in [2.75, 3.05) is 39.6 Å². The van der Waals surface area contributed by atoms with E-state index in [0.29, 0.717) is 0 Å². The van der Waals surface area contributed by atoms with Crippen LogP contribution in [0.2, 0.25) is 0 Å². The van der Waals surface area contributed by atoms with Crippen molar-refractivity contribution in [2.45, 2.75) is 6.92 Å². The largest absolute Gasteiger partial charge is 0.460 e. The number of carbonyl (C=O) groups excluding carboxylic acids is 3. The fourth-order valence-electron chi connectivity index (χ4n) is 0.915. The minimum Gasteiger partial charge on any atom is -0.460 e. The summed E-state index contributed by atoms with van der Waals surface area (Å²) in [6.45, 7) is 5.37. The predicted molar refractivity (Wildman–Crippen MR) is 64.4 cm³/mol. The Labute approximate surface area is 111 Å². The zero-order valence-electron chi connectivity index (χ0n) is 10.9. The van der Waals surface area contributed by atoms with Gasteiger partial charge >= 0.3 is 11.9 Å². The Morgan fingerprint density at radius 1 is 1.00 bits per heavy atom. The maximum absolute atomic E-state index is 11.1. The van der Waals surface area contributed by atoms with Gasteiger partial charge < -0.3 is 18.9 Å². The van der Waals surface area contributed by atoms with E-state index in [0.717, 1.165) is 6.08 Å². The van der Waals surface area contributed by atoms with Gasteiger partial charge in [-0.3, -0.25) is 4.79 Å². The lowest BCUT2D eigenvalue weighted by atomic mass is 10.4. The lowest BCUT2D eigenvalue weighted by Gasteiger charge is -2.05. The Hall–Kier alpha value is -1.73. The first-order chi connectivity index (χ1) is 9.11. The van der Waals surface area contributed by atoms with E-state index in [1.165, 1.54) is 0 Å². The third-order valence-corrected chi connectivity index (χ3v) is 1.75. The van der Waals surface area contributed by atoms with E-state index in [1.54, 1.807) is 6.92 Å². The summed E-state index contributed by atoms with van der Waals surface area (Å²) in [7, 11) is 0. The number of hydrogen-bond donors (Lipinski definition) is 0. The lowest BCUT2D eigenvalue weighted by molar-refractivity contribution is -0.155. The van der Waals surface area contributed by atoms with Gasteiger partial charge in [-0.05, 0) is 6.92 Å². The van der Waals surface area contributed by atoms with Gasteiger partial charge in [-0.2, -0.15) is 0 Å². The van der Waals surface area contributed by atoms with Crippen LogP contribution in [0.4, 0.5) is 0 Å². The van der Waals surface area contributed by atoms with Crippen molar-refractivity contribution in [3.8, 4) is 0 Å². The molecule has 0 heterocycles. The normalized spacial score (nSPS) is 9.74. The summed E-state index contributed by atoms with van der Waals surface area (Å²) < 4.78 is 19.1. The fourth-order valence-corrected chi connectivity index (χ4v) is 0.915. The van der Waals surface area contributed by atoms with Crippen molar-refractivity contribution in [1.29, 1.82) is 0 Å². The van der Waals surface area contributed by atoms with Crippen LogP contribution in [0.1, 0.15) is 6.92 Å². The molecule has 7 nitrogen and oxygen atoms in total. The second-order valence-corrected chi connectivity index (χ2v) is 3.18. The van der Waals surface area contributed by atoms with Crippen LogP contribution in [0.15, 0.2) is 12.7 Å². The van der Waals surface area contributed by atoms with Crippen molar-refractivity contribution >= 4 is 17.7 Å². The summed E-state index contributed by atoms with van der Waals surface area (Å²) in [6.07, 6.45) is 1.06. The SMILES string of the molecule is C=CC(=O)OCCOCCOCC(=O)C(=O)OCC. The highest BCUT2D eigenvalue weighted by atomic mass is 16.6. The average molecular weight is 274 g/mol. The van der Waals surface area contributed by atoms with E-state index in [4.69, 9.17) is 9.47 Å². The number of esters is 2. The number of ketones is 1. The number of ether oxygens (including phenoxy) is 4. The third kappa shape index (κ3) is 9.93. The molecule has 19 heavy (non-hydrogen) atoms. The van der Waals surface area contributed by atoms with E-state index in [2.05, 4.69) is 16.1 Å². The van der Waals surface area contributed by atoms with Gasteiger partial charge in [-0.15, -0.1) is 0 Å². The van der Waals surface area contributed by atoms with E-state index in [1.807, 2.05) is 0 Å². The first kappa shape index (κ1) is 17.3. The smallest absolute Gasteiger partial charge is 0.377 e. The van der Waals surface area contributed by atoms with E-state index < -0.39 is 17.7 Å². The molecular formula is C12H18O7. The van der Waals surface area contributed by atoms with Crippen LogP contribution >= 0.6 is 0 Å². The highest BCUT2D eigenvalue weighted by Crippen LogP contribution is 1.86. The van der Waals surface area contributed by atoms with Crippen LogP contribution in [0.3, 0.4) is 0 Å². The zero-order valence-corrected chi connectivity index (χ0v) is 10.9. The molecule has 0 saturated heterocycles. The molecule has 0 bridgehead atoms. The van der Waals surface area contributed by atoms with Crippen molar-refractivity contribution in [2.24, 2.45) is 0 Å². The molecule has 0 aliphatic rings. The molecule has 0 spiro atoms. The topological polar surface area (TPSA) is 88.1 Å². The summed E-state index contributed by atoms with van der Waals surface area (Å²) >= 11 is 0. The number of Topliss-reactive ketones (excluding diaryl/α,β-unsaturated/α-hetero) is 1. The molecule has 0 radical (unpaired) electrons. The highest BCUT2D eigenvalue weighted by molar-refractivity contribution is 6.34. The van der Waals surface area contributed by atoms with Gasteiger partial charge in [-0.1, -0.05) is 6.58 Å². The monoisotopic (exact) mass is 274 g/mol. The molecule has 0 aromatic carbocycles. The summed E-state index contributed by atoms with van der Waals surface area (Å²) in [6, 6.07) is 0. The van der Waals surface area contributed by atoms with Gasteiger partial charge in [0, 0.05) is 6.08 Å². The average Bonchev–Trinajstić information content (AvgIpc) is 2.41. The Morgan fingerprint density at radius 2 is 1.63 bits per heavy atom. The summed E-state index contributed by atoms with van der Waals surface area (Å²) in [5.41, 5.74) is 0. The third-order valence-electron chi connectivity index (χ3n) is 1.75. The predicted octanol–water partition coefficient (Wildman–Crippen LogP) is -0.119. The lowest BCUT2D eigenvalue weighted by Crippen LogP contribution is -2.23. The Balaban J connectivity index is 3.36. The Kier molecular flexibility index (Phi) is 10.3. The molecule has 0 aliphatic carbocycles. The molecule has 0 atom stereocenters. The van der Waals surface area contributed by atoms with Crippen molar-refractivity contribution in [1.82, 2.24) is 0 Å². The standard InChI is InChI=1S/C12H18O7/c1-3-11(14)19-8-7-16-5-6-17-9-10(13)12(15)18-4-2/h3H,1,4-9H2,2H3. The van der Waals surface area contributed by atoms with E-state index in [-0.39, 0.29) is 39.6 Å². The second-order valence-electron chi connectivity index (χ2n) is 3.18. The van der Waals surface area contributed by atoms with Gasteiger partial charge in [0.05, 0.1) is 26.4 Å². The molecule has 0 rings (SSSR count). The number of carbonyl (C=O) groups is 3. The molecule has 0 aliphatic heterocycles. The molecule has 0 amide bonds. The van der Waals surface area contributed by atoms with Crippen LogP contribution < -0.4 is 0 Å². The van der Waals surface area contributed by atoms with Crippen molar-refractivity contribution in [3.05, 3.63) is 12.7 Å². The highest BCUT2D eigenvalue weighted by Gasteiger charge is 2.14. The molecule has 0 unspecified atom stereocenters. The maximum Gasteiger partial charge on any atom is 0.377 e. The van der Waals surface area contributed by atoms with Crippen LogP contribution in [-0.4, -0.2) is 57.4 Å². The van der Waals surface area contributed by atoms with E-state index >= 15 is 0 Å². The Bertz CT molecular complexity index is 311. The summed E-state index contributed by atoms with van der Waals surface area (Å²) in [5, 5.41) is 0. The van der Waals surface area contributed by atoms with Crippen LogP contribution in [-0.2, 0) is 33.3 Å². The second kappa shape index (κ2) is 11.4. The minimum absolute atomic E-state index is 0.118. The Morgan fingerprint density at radius 3 is 2.26 bits per heavy atom. The van der Waals surface area contributed by atoms with Gasteiger partial charge in [0.1, 0.15) is 13.2 Å². The van der Waals surface area contributed by atoms with Crippen LogP contribution in [0.25, 0.3) is 0 Å². The zero-order chi connectivity index (χ0) is 14.5. The molecular weight excluding hydrogens is 256 g/mol. The molecule has 0 saturated carbocycles. The van der Waals surface area contributed by atoms with Gasteiger partial charge in [0.25, 0.3) is 5.78 Å². The van der Waals surface area contributed by atoms with Gasteiger partial charge in [0.2, 0.25) is 0 Å². The first-order valence-corrected chi connectivity index (χ1v) is 5.76. The van der Waals surface area contributed by atoms with Crippen molar-refractivity contribution < 1.29 is 33.3 Å². The van der Waals surface area contributed by atoms with Gasteiger partial charge in [0.15, 0.2) is 0 Å². The van der Waals surface area contributed by atoms with Crippen molar-refractivity contribution in [3.63, 3.8) is 0 Å². The molecule has 0 N–H and O–H groups in total. The van der Waals surface area contributed by atoms with Gasteiger partial charge in [-0.25, -0.2) is 9.59 Å². The van der Waals surface area contributed by atoms with Crippen LogP contribution in [0.5, 0.6) is 0 Å². The minimum atomic E-state index is -0.903. The quantitative estimate of drug-likeness (QED) is 0.224. The molecule has 108 valence electrons. The maximum atomic E-state index is 11.1. The molecule has 0 aromatic rings. The van der Waals surface area contributed by atoms with E-state index in [9.17, 15) is 14.4 Å². The molecule has 0 aromatic heterocycles. The molecule has 7 heteroatoms. The first-order valence-electron chi connectivity index (χ1n) is 5.76. The fraction of sp³-hybridized carbons (Fsp3) is 0.583. The number of rotatable bonds is 11. The summed E-state index contributed by atoms with van der Waals surface area (Å²) in [4.78, 5) is 32.6.